The Kier molecular flexibility index (Phi) is 6.71. The number of rotatable bonds is 7. The third kappa shape index (κ3) is 5.01. The molecule has 0 radical (unpaired) electrons. The molecule has 1 heterocycles. The van der Waals surface area contributed by atoms with Crippen molar-refractivity contribution in [2.24, 2.45) is 0 Å². The Morgan fingerprint density at radius 1 is 1.07 bits per heavy atom. The first kappa shape index (κ1) is 19.2. The molecule has 0 unspecified atom stereocenters. The maximum atomic E-state index is 12.5. The third-order valence-electron chi connectivity index (χ3n) is 4.77. The maximum Gasteiger partial charge on any atom is 0.340 e. The quantitative estimate of drug-likeness (QED) is 0.752. The smallest absolute Gasteiger partial charge is 0.340 e. The Labute approximate surface area is 161 Å². The summed E-state index contributed by atoms with van der Waals surface area (Å²) in [6.07, 6.45) is 1.04. The lowest BCUT2D eigenvalue weighted by Crippen LogP contribution is -2.37. The molecule has 3 rings (SSSR count). The van der Waals surface area contributed by atoms with E-state index >= 15 is 0 Å². The van der Waals surface area contributed by atoms with Gasteiger partial charge in [-0.1, -0.05) is 31.2 Å². The van der Waals surface area contributed by atoms with Crippen molar-refractivity contribution in [2.75, 3.05) is 43.1 Å². The van der Waals surface area contributed by atoms with Crippen LogP contribution in [0.1, 0.15) is 35.3 Å². The molecule has 5 nitrogen and oxygen atoms in total. The van der Waals surface area contributed by atoms with Gasteiger partial charge in [-0.25, -0.2) is 4.79 Å². The van der Waals surface area contributed by atoms with Gasteiger partial charge in [0.1, 0.15) is 0 Å². The summed E-state index contributed by atoms with van der Waals surface area (Å²) in [7, 11) is 0. The van der Waals surface area contributed by atoms with Crippen molar-refractivity contribution in [3.8, 4) is 0 Å². The number of nitrogens with zero attached hydrogens (tertiary/aromatic N) is 1. The molecule has 0 spiro atoms. The van der Waals surface area contributed by atoms with Crippen molar-refractivity contribution in [3.05, 3.63) is 59.2 Å². The van der Waals surface area contributed by atoms with Crippen LogP contribution in [-0.4, -0.2) is 38.9 Å². The number of morpholine rings is 1. The van der Waals surface area contributed by atoms with E-state index in [9.17, 15) is 4.79 Å². The van der Waals surface area contributed by atoms with E-state index in [-0.39, 0.29) is 5.97 Å². The fourth-order valence-electron chi connectivity index (χ4n) is 3.20. The summed E-state index contributed by atoms with van der Waals surface area (Å²) in [6, 6.07) is 14.5. The van der Waals surface area contributed by atoms with Gasteiger partial charge < -0.3 is 19.7 Å². The van der Waals surface area contributed by atoms with Crippen LogP contribution in [0, 0.1) is 0 Å². The van der Waals surface area contributed by atoms with Gasteiger partial charge in [-0.3, -0.25) is 0 Å². The van der Waals surface area contributed by atoms with Gasteiger partial charge in [0.2, 0.25) is 0 Å². The van der Waals surface area contributed by atoms with Gasteiger partial charge in [-0.05, 0) is 42.7 Å². The van der Waals surface area contributed by atoms with E-state index in [4.69, 9.17) is 9.47 Å². The summed E-state index contributed by atoms with van der Waals surface area (Å²) in [5.41, 5.74) is 4.97. The predicted octanol–water partition coefficient (Wildman–Crippen LogP) is 3.87. The fourth-order valence-corrected chi connectivity index (χ4v) is 3.20. The topological polar surface area (TPSA) is 50.8 Å². The van der Waals surface area contributed by atoms with E-state index < -0.39 is 0 Å². The van der Waals surface area contributed by atoms with Crippen LogP contribution in [0.25, 0.3) is 0 Å². The van der Waals surface area contributed by atoms with Gasteiger partial charge in [-0.15, -0.1) is 0 Å². The molecule has 0 atom stereocenters. The summed E-state index contributed by atoms with van der Waals surface area (Å²) < 4.78 is 10.7. The number of aryl methyl sites for hydroxylation is 1. The molecule has 1 N–H and O–H groups in total. The van der Waals surface area contributed by atoms with E-state index in [1.54, 1.807) is 0 Å². The van der Waals surface area contributed by atoms with Crippen molar-refractivity contribution < 1.29 is 14.3 Å². The molecule has 1 saturated heterocycles. The predicted molar refractivity (Wildman–Crippen MR) is 109 cm³/mol. The standard InChI is InChI=1S/C22H28N2O3/c1-3-17-5-7-18(8-6-17)16-23-19-9-10-21(24-11-13-26-14-12-24)20(15-19)22(25)27-4-2/h5-10,15,23H,3-4,11-14,16H2,1-2H3. The lowest BCUT2D eigenvalue weighted by molar-refractivity contribution is 0.0526. The van der Waals surface area contributed by atoms with Crippen molar-refractivity contribution in [3.63, 3.8) is 0 Å². The van der Waals surface area contributed by atoms with E-state index in [1.807, 2.05) is 25.1 Å². The average Bonchev–Trinajstić information content (AvgIpc) is 2.73. The molecule has 1 fully saturated rings. The monoisotopic (exact) mass is 368 g/mol. The number of anilines is 2. The Balaban J connectivity index is 1.76. The normalized spacial score (nSPS) is 14.1. The van der Waals surface area contributed by atoms with Gasteiger partial charge in [-0.2, -0.15) is 0 Å². The Hall–Kier alpha value is -2.53. The minimum Gasteiger partial charge on any atom is -0.462 e. The average molecular weight is 368 g/mol. The lowest BCUT2D eigenvalue weighted by atomic mass is 10.1. The van der Waals surface area contributed by atoms with E-state index in [0.29, 0.717) is 31.9 Å². The molecule has 1 aliphatic rings. The van der Waals surface area contributed by atoms with Crippen molar-refractivity contribution >= 4 is 17.3 Å². The number of esters is 1. The SMILES string of the molecule is CCOC(=O)c1cc(NCc2ccc(CC)cc2)ccc1N1CCOCC1. The molecule has 0 aromatic heterocycles. The summed E-state index contributed by atoms with van der Waals surface area (Å²) in [5.74, 6) is -0.282. The molecule has 1 aliphatic heterocycles. The number of benzene rings is 2. The highest BCUT2D eigenvalue weighted by atomic mass is 16.5. The zero-order chi connectivity index (χ0) is 19.1. The van der Waals surface area contributed by atoms with Crippen LogP contribution in [0.2, 0.25) is 0 Å². The van der Waals surface area contributed by atoms with Crippen LogP contribution in [0.3, 0.4) is 0 Å². The number of carbonyl (C=O) groups excluding carboxylic acids is 1. The second-order valence-electron chi connectivity index (χ2n) is 6.58. The first-order valence-corrected chi connectivity index (χ1v) is 9.66. The van der Waals surface area contributed by atoms with Gasteiger partial charge in [0.05, 0.1) is 31.1 Å². The van der Waals surface area contributed by atoms with Crippen LogP contribution in [-0.2, 0) is 22.4 Å². The van der Waals surface area contributed by atoms with Gasteiger partial charge in [0, 0.05) is 25.3 Å². The minimum absolute atomic E-state index is 0.282. The first-order valence-electron chi connectivity index (χ1n) is 9.66. The number of ether oxygens (including phenoxy) is 2. The molecular weight excluding hydrogens is 340 g/mol. The van der Waals surface area contributed by atoms with Crippen LogP contribution in [0.4, 0.5) is 11.4 Å². The molecule has 0 aliphatic carbocycles. The molecule has 0 bridgehead atoms. The number of hydrogen-bond acceptors (Lipinski definition) is 5. The third-order valence-corrected chi connectivity index (χ3v) is 4.77. The summed E-state index contributed by atoms with van der Waals surface area (Å²) >= 11 is 0. The van der Waals surface area contributed by atoms with E-state index in [2.05, 4.69) is 41.4 Å². The van der Waals surface area contributed by atoms with Gasteiger partial charge in [0.15, 0.2) is 0 Å². The summed E-state index contributed by atoms with van der Waals surface area (Å²) in [4.78, 5) is 14.7. The second kappa shape index (κ2) is 9.42. The number of nitrogens with one attached hydrogen (secondary N) is 1. The number of carbonyl (C=O) groups is 1. The molecule has 5 heteroatoms. The zero-order valence-corrected chi connectivity index (χ0v) is 16.2. The van der Waals surface area contributed by atoms with Gasteiger partial charge >= 0.3 is 5.97 Å². The van der Waals surface area contributed by atoms with Gasteiger partial charge in [0.25, 0.3) is 0 Å². The Morgan fingerprint density at radius 2 is 1.78 bits per heavy atom. The molecule has 0 amide bonds. The van der Waals surface area contributed by atoms with E-state index in [1.165, 1.54) is 11.1 Å². The molecule has 2 aromatic carbocycles. The van der Waals surface area contributed by atoms with Crippen molar-refractivity contribution in [1.82, 2.24) is 0 Å². The molecule has 27 heavy (non-hydrogen) atoms. The summed E-state index contributed by atoms with van der Waals surface area (Å²) in [5, 5.41) is 3.41. The highest BCUT2D eigenvalue weighted by Gasteiger charge is 2.20. The molecular formula is C22H28N2O3. The zero-order valence-electron chi connectivity index (χ0n) is 16.2. The van der Waals surface area contributed by atoms with Crippen molar-refractivity contribution in [2.45, 2.75) is 26.8 Å². The maximum absolute atomic E-state index is 12.5. The second-order valence-corrected chi connectivity index (χ2v) is 6.58. The lowest BCUT2D eigenvalue weighted by Gasteiger charge is -2.30. The Morgan fingerprint density at radius 3 is 2.44 bits per heavy atom. The van der Waals surface area contributed by atoms with E-state index in [0.717, 1.165) is 30.9 Å². The minimum atomic E-state index is -0.282. The highest BCUT2D eigenvalue weighted by molar-refractivity contribution is 5.97. The van der Waals surface area contributed by atoms with Crippen LogP contribution >= 0.6 is 0 Å². The molecule has 144 valence electrons. The van der Waals surface area contributed by atoms with Crippen LogP contribution in [0.5, 0.6) is 0 Å². The number of hydrogen-bond donors (Lipinski definition) is 1. The van der Waals surface area contributed by atoms with Crippen molar-refractivity contribution in [1.29, 1.82) is 0 Å². The fraction of sp³-hybridized carbons (Fsp3) is 0.409. The summed E-state index contributed by atoms with van der Waals surface area (Å²) in [6.45, 7) is 7.97. The highest BCUT2D eigenvalue weighted by Crippen LogP contribution is 2.26. The molecule has 0 saturated carbocycles. The molecule has 2 aromatic rings. The largest absolute Gasteiger partial charge is 0.462 e. The first-order chi connectivity index (χ1) is 13.2. The van der Waals surface area contributed by atoms with Crippen LogP contribution in [0.15, 0.2) is 42.5 Å². The van der Waals surface area contributed by atoms with Crippen LogP contribution < -0.4 is 10.2 Å². The Bertz CT molecular complexity index is 753.